The Labute approximate surface area is 105 Å². The fourth-order valence-corrected chi connectivity index (χ4v) is 1.47. The highest BCUT2D eigenvalue weighted by Crippen LogP contribution is 2.23. The molecule has 0 radical (unpaired) electrons. The second-order valence-corrected chi connectivity index (χ2v) is 4.20. The number of benzene rings is 1. The summed E-state index contributed by atoms with van der Waals surface area (Å²) in [6.45, 7) is 0. The molecule has 2 nitrogen and oxygen atoms in total. The van der Waals surface area contributed by atoms with Crippen LogP contribution >= 0.6 is 15.9 Å². The molecule has 1 heterocycles. The van der Waals surface area contributed by atoms with Crippen LogP contribution < -0.4 is 4.74 Å². The molecule has 0 amide bonds. The summed E-state index contributed by atoms with van der Waals surface area (Å²) < 4.78 is 30.9. The summed E-state index contributed by atoms with van der Waals surface area (Å²) in [5, 5.41) is 0. The van der Waals surface area contributed by atoms with Crippen LogP contribution in [0, 0.1) is 0 Å². The van der Waals surface area contributed by atoms with Gasteiger partial charge in [0, 0.05) is 22.3 Å². The fourth-order valence-electron chi connectivity index (χ4n) is 1.20. The molecule has 0 fully saturated rings. The number of ether oxygens (including phenoxy) is 1. The maximum atomic E-state index is 12.3. The molecule has 17 heavy (non-hydrogen) atoms. The van der Waals surface area contributed by atoms with Gasteiger partial charge in [0.1, 0.15) is 5.75 Å². The zero-order chi connectivity index (χ0) is 12.3. The van der Waals surface area contributed by atoms with Crippen LogP contribution in [0.3, 0.4) is 0 Å². The van der Waals surface area contributed by atoms with Crippen LogP contribution in [0.2, 0.25) is 0 Å². The van der Waals surface area contributed by atoms with E-state index in [1.165, 1.54) is 12.1 Å². The Morgan fingerprint density at radius 3 is 2.29 bits per heavy atom. The maximum absolute atomic E-state index is 12.3. The molecule has 0 N–H and O–H groups in total. The summed E-state index contributed by atoms with van der Waals surface area (Å²) in [7, 11) is 0. The van der Waals surface area contributed by atoms with Crippen LogP contribution in [0.4, 0.5) is 8.78 Å². The second kappa shape index (κ2) is 5.23. The van der Waals surface area contributed by atoms with Gasteiger partial charge in [0.05, 0.1) is 0 Å². The van der Waals surface area contributed by atoms with Crippen LogP contribution in [-0.4, -0.2) is 4.98 Å². The lowest BCUT2D eigenvalue weighted by atomic mass is 10.3. The maximum Gasteiger partial charge on any atom is 0.265 e. The summed E-state index contributed by atoms with van der Waals surface area (Å²) in [5.41, 5.74) is -0.117. The molecule has 0 unspecified atom stereocenters. The average Bonchev–Trinajstić information content (AvgIpc) is 2.33. The van der Waals surface area contributed by atoms with E-state index in [1.54, 1.807) is 12.1 Å². The number of hydrogen-bond acceptors (Lipinski definition) is 2. The smallest absolute Gasteiger partial charge is 0.265 e. The Hall–Kier alpha value is -1.49. The third-order valence-corrected chi connectivity index (χ3v) is 2.58. The predicted octanol–water partition coefficient (Wildman–Crippen LogP) is 4.57. The van der Waals surface area contributed by atoms with Gasteiger partial charge in [0.15, 0.2) is 0 Å². The minimum Gasteiger partial charge on any atom is -0.439 e. The molecule has 2 rings (SSSR count). The van der Waals surface area contributed by atoms with E-state index < -0.39 is 6.43 Å². The van der Waals surface area contributed by atoms with Crippen LogP contribution in [0.15, 0.2) is 47.1 Å². The first kappa shape index (κ1) is 12.0. The van der Waals surface area contributed by atoms with Crippen LogP contribution in [0.5, 0.6) is 11.6 Å². The van der Waals surface area contributed by atoms with E-state index in [0.717, 1.165) is 10.7 Å². The zero-order valence-electron chi connectivity index (χ0n) is 8.61. The zero-order valence-corrected chi connectivity index (χ0v) is 10.2. The van der Waals surface area contributed by atoms with Crippen molar-refractivity contribution in [1.82, 2.24) is 4.98 Å². The molecular weight excluding hydrogens is 292 g/mol. The van der Waals surface area contributed by atoms with E-state index in [0.29, 0.717) is 5.75 Å². The molecule has 0 bridgehead atoms. The van der Waals surface area contributed by atoms with Gasteiger partial charge in [-0.3, -0.25) is 0 Å². The third kappa shape index (κ3) is 3.23. The van der Waals surface area contributed by atoms with Gasteiger partial charge in [-0.25, -0.2) is 13.8 Å². The monoisotopic (exact) mass is 299 g/mol. The number of nitrogens with zero attached hydrogens (tertiary/aromatic N) is 1. The summed E-state index contributed by atoms with van der Waals surface area (Å²) in [6, 6.07) is 9.88. The van der Waals surface area contributed by atoms with Gasteiger partial charge in [0.25, 0.3) is 6.43 Å². The molecule has 0 aliphatic carbocycles. The van der Waals surface area contributed by atoms with Gasteiger partial charge in [-0.2, -0.15) is 0 Å². The lowest BCUT2D eigenvalue weighted by molar-refractivity contribution is 0.151. The van der Waals surface area contributed by atoms with Crippen LogP contribution in [0.1, 0.15) is 12.0 Å². The Kier molecular flexibility index (Phi) is 3.68. The Morgan fingerprint density at radius 1 is 1.06 bits per heavy atom. The van der Waals surface area contributed by atoms with Crippen LogP contribution in [0.25, 0.3) is 0 Å². The van der Waals surface area contributed by atoms with Crippen molar-refractivity contribution in [3.05, 3.63) is 52.6 Å². The molecular formula is C12H8BrF2NO. The quantitative estimate of drug-likeness (QED) is 0.828. The highest BCUT2D eigenvalue weighted by atomic mass is 79.9. The van der Waals surface area contributed by atoms with Gasteiger partial charge in [-0.1, -0.05) is 15.9 Å². The lowest BCUT2D eigenvalue weighted by Gasteiger charge is -2.05. The van der Waals surface area contributed by atoms with E-state index in [2.05, 4.69) is 20.9 Å². The Bertz CT molecular complexity index is 485. The van der Waals surface area contributed by atoms with Crippen LogP contribution in [-0.2, 0) is 0 Å². The molecule has 2 aromatic rings. The third-order valence-electron chi connectivity index (χ3n) is 2.05. The minimum atomic E-state index is -2.51. The summed E-state index contributed by atoms with van der Waals surface area (Å²) in [5.74, 6) is 0.891. The molecule has 0 aliphatic heterocycles. The molecule has 0 atom stereocenters. The first-order valence-electron chi connectivity index (χ1n) is 4.82. The van der Waals surface area contributed by atoms with Gasteiger partial charge in [-0.15, -0.1) is 0 Å². The Balaban J connectivity index is 2.11. The normalized spacial score (nSPS) is 10.6. The van der Waals surface area contributed by atoms with Gasteiger partial charge < -0.3 is 4.74 Å². The van der Waals surface area contributed by atoms with Gasteiger partial charge >= 0.3 is 0 Å². The largest absolute Gasteiger partial charge is 0.439 e. The molecule has 5 heteroatoms. The highest BCUT2D eigenvalue weighted by molar-refractivity contribution is 9.10. The average molecular weight is 300 g/mol. The number of pyridine rings is 1. The molecule has 1 aromatic carbocycles. The van der Waals surface area contributed by atoms with Crippen molar-refractivity contribution >= 4 is 15.9 Å². The number of halogens is 3. The first-order chi connectivity index (χ1) is 8.15. The SMILES string of the molecule is FC(F)c1ccc(Oc2ccc(Br)cc2)nc1. The van der Waals surface area contributed by atoms with Gasteiger partial charge in [-0.05, 0) is 30.3 Å². The predicted molar refractivity (Wildman–Crippen MR) is 63.4 cm³/mol. The standard InChI is InChI=1S/C12H8BrF2NO/c13-9-2-4-10(5-3-9)17-11-6-1-8(7-16-11)12(14)15/h1-7,12H. The molecule has 88 valence electrons. The fraction of sp³-hybridized carbons (Fsp3) is 0.0833. The Morgan fingerprint density at radius 2 is 1.76 bits per heavy atom. The van der Waals surface area contributed by atoms with Crippen molar-refractivity contribution in [1.29, 1.82) is 0 Å². The number of rotatable bonds is 3. The highest BCUT2D eigenvalue weighted by Gasteiger charge is 2.07. The molecule has 0 aliphatic rings. The van der Waals surface area contributed by atoms with Gasteiger partial charge in [0.2, 0.25) is 5.88 Å². The summed E-state index contributed by atoms with van der Waals surface area (Å²) in [4.78, 5) is 3.80. The van der Waals surface area contributed by atoms with Crippen molar-refractivity contribution in [2.75, 3.05) is 0 Å². The van der Waals surface area contributed by atoms with Crippen molar-refractivity contribution in [3.8, 4) is 11.6 Å². The van der Waals surface area contributed by atoms with Crippen molar-refractivity contribution in [2.24, 2.45) is 0 Å². The van der Waals surface area contributed by atoms with E-state index in [4.69, 9.17) is 4.74 Å². The second-order valence-electron chi connectivity index (χ2n) is 3.29. The van der Waals surface area contributed by atoms with E-state index in [9.17, 15) is 8.78 Å². The van der Waals surface area contributed by atoms with Crippen molar-refractivity contribution in [2.45, 2.75) is 6.43 Å². The number of hydrogen-bond donors (Lipinski definition) is 0. The van der Waals surface area contributed by atoms with Crippen molar-refractivity contribution < 1.29 is 13.5 Å². The molecule has 0 saturated carbocycles. The lowest BCUT2D eigenvalue weighted by Crippen LogP contribution is -1.90. The van der Waals surface area contributed by atoms with Crippen molar-refractivity contribution in [3.63, 3.8) is 0 Å². The molecule has 0 saturated heterocycles. The van der Waals surface area contributed by atoms with E-state index in [-0.39, 0.29) is 11.4 Å². The van der Waals surface area contributed by atoms with E-state index in [1.807, 2.05) is 12.1 Å². The topological polar surface area (TPSA) is 22.1 Å². The summed E-state index contributed by atoms with van der Waals surface area (Å²) >= 11 is 3.30. The molecule has 0 spiro atoms. The first-order valence-corrected chi connectivity index (χ1v) is 5.62. The molecule has 1 aromatic heterocycles. The minimum absolute atomic E-state index is 0.117. The number of aromatic nitrogens is 1. The number of alkyl halides is 2. The van der Waals surface area contributed by atoms with E-state index >= 15 is 0 Å². The summed E-state index contributed by atoms with van der Waals surface area (Å²) in [6.07, 6.45) is -1.40.